The molecular weight excluding hydrogens is 374 g/mol. The Morgan fingerprint density at radius 3 is 2.78 bits per heavy atom. The van der Waals surface area contributed by atoms with E-state index in [1.807, 2.05) is 0 Å². The van der Waals surface area contributed by atoms with E-state index in [0.29, 0.717) is 5.69 Å². The number of ether oxygens (including phenoxy) is 2. The number of hydrogen-bond acceptors (Lipinski definition) is 7. The molecule has 140 valence electrons. The SMILES string of the molecule is COc1cc(OCC(=O)Nc2ccc3c(c2)sc(=O)n3C)ccc1[N+](=O)[O-]. The first-order valence-electron chi connectivity index (χ1n) is 7.73. The number of anilines is 1. The Kier molecular flexibility index (Phi) is 5.08. The van der Waals surface area contributed by atoms with Gasteiger partial charge < -0.3 is 19.4 Å². The highest BCUT2D eigenvalue weighted by Gasteiger charge is 2.16. The van der Waals surface area contributed by atoms with Crippen molar-refractivity contribution in [2.75, 3.05) is 19.0 Å². The van der Waals surface area contributed by atoms with E-state index in [1.165, 1.54) is 29.9 Å². The standard InChI is InChI=1S/C17H15N3O6S/c1-19-13-5-3-10(7-15(13)27-17(19)22)18-16(21)9-26-11-4-6-12(20(23)24)14(8-11)25-2/h3-8H,9H2,1-2H3,(H,18,21). The molecule has 0 saturated heterocycles. The maximum atomic E-state index is 12.1. The van der Waals surface area contributed by atoms with Gasteiger partial charge in [0.25, 0.3) is 5.91 Å². The highest BCUT2D eigenvalue weighted by molar-refractivity contribution is 7.16. The number of carbonyl (C=O) groups is 1. The lowest BCUT2D eigenvalue weighted by molar-refractivity contribution is -0.385. The highest BCUT2D eigenvalue weighted by atomic mass is 32.1. The predicted octanol–water partition coefficient (Wildman–Crippen LogP) is 2.53. The zero-order chi connectivity index (χ0) is 19.6. The second kappa shape index (κ2) is 7.46. The Labute approximate surface area is 156 Å². The fourth-order valence-electron chi connectivity index (χ4n) is 2.46. The Balaban J connectivity index is 1.66. The summed E-state index contributed by atoms with van der Waals surface area (Å²) in [6.45, 7) is -0.288. The molecular formula is C17H15N3O6S. The summed E-state index contributed by atoms with van der Waals surface area (Å²) in [5.74, 6) is -0.0957. The van der Waals surface area contributed by atoms with E-state index in [9.17, 15) is 19.7 Å². The molecule has 2 aromatic carbocycles. The van der Waals surface area contributed by atoms with Gasteiger partial charge in [-0.25, -0.2) is 0 Å². The number of thiazole rings is 1. The van der Waals surface area contributed by atoms with Crippen molar-refractivity contribution in [3.8, 4) is 11.5 Å². The maximum Gasteiger partial charge on any atom is 0.311 e. The van der Waals surface area contributed by atoms with Crippen LogP contribution < -0.4 is 19.7 Å². The predicted molar refractivity (Wildman–Crippen MR) is 101 cm³/mol. The monoisotopic (exact) mass is 389 g/mol. The fourth-order valence-corrected chi connectivity index (χ4v) is 3.37. The second-order valence-corrected chi connectivity index (χ2v) is 6.53. The molecule has 1 aromatic heterocycles. The van der Waals surface area contributed by atoms with Crippen LogP contribution in [-0.2, 0) is 11.8 Å². The largest absolute Gasteiger partial charge is 0.490 e. The first-order valence-corrected chi connectivity index (χ1v) is 8.55. The molecule has 0 aliphatic carbocycles. The Hall–Kier alpha value is -3.40. The van der Waals surface area contributed by atoms with E-state index in [1.54, 1.807) is 25.2 Å². The van der Waals surface area contributed by atoms with Gasteiger partial charge in [-0.15, -0.1) is 0 Å². The third-order valence-electron chi connectivity index (χ3n) is 3.79. The van der Waals surface area contributed by atoms with Gasteiger partial charge in [0.05, 0.1) is 22.2 Å². The molecule has 0 unspecified atom stereocenters. The Bertz CT molecular complexity index is 1090. The number of benzene rings is 2. The average molecular weight is 389 g/mol. The van der Waals surface area contributed by atoms with Crippen LogP contribution in [0.1, 0.15) is 0 Å². The lowest BCUT2D eigenvalue weighted by Crippen LogP contribution is -2.20. The van der Waals surface area contributed by atoms with Gasteiger partial charge in [-0.2, -0.15) is 0 Å². The molecule has 1 heterocycles. The number of carbonyl (C=O) groups excluding carboxylic acids is 1. The van der Waals surface area contributed by atoms with Crippen molar-refractivity contribution >= 4 is 38.8 Å². The quantitative estimate of drug-likeness (QED) is 0.512. The molecule has 0 bridgehead atoms. The molecule has 9 nitrogen and oxygen atoms in total. The van der Waals surface area contributed by atoms with Crippen molar-refractivity contribution in [1.29, 1.82) is 0 Å². The summed E-state index contributed by atoms with van der Waals surface area (Å²) >= 11 is 1.09. The number of hydrogen-bond donors (Lipinski definition) is 1. The molecule has 0 aliphatic heterocycles. The zero-order valence-corrected chi connectivity index (χ0v) is 15.2. The van der Waals surface area contributed by atoms with Crippen LogP contribution in [0.3, 0.4) is 0 Å². The van der Waals surface area contributed by atoms with Crippen LogP contribution in [0.2, 0.25) is 0 Å². The van der Waals surface area contributed by atoms with Gasteiger partial charge in [0.15, 0.2) is 6.61 Å². The number of rotatable bonds is 6. The van der Waals surface area contributed by atoms with E-state index < -0.39 is 10.8 Å². The minimum atomic E-state index is -0.566. The molecule has 0 atom stereocenters. The van der Waals surface area contributed by atoms with E-state index in [-0.39, 0.29) is 28.7 Å². The Morgan fingerprint density at radius 2 is 2.07 bits per heavy atom. The summed E-state index contributed by atoms with van der Waals surface area (Å²) < 4.78 is 12.6. The molecule has 0 radical (unpaired) electrons. The number of nitro groups is 1. The van der Waals surface area contributed by atoms with Gasteiger partial charge in [0.2, 0.25) is 5.75 Å². The average Bonchev–Trinajstić information content (AvgIpc) is 2.93. The summed E-state index contributed by atoms with van der Waals surface area (Å²) in [5, 5.41) is 13.6. The lowest BCUT2D eigenvalue weighted by atomic mass is 10.3. The van der Waals surface area contributed by atoms with E-state index in [2.05, 4.69) is 5.32 Å². The van der Waals surface area contributed by atoms with Gasteiger partial charge in [-0.05, 0) is 24.3 Å². The molecule has 3 rings (SSSR count). The van der Waals surface area contributed by atoms with Crippen LogP contribution in [-0.4, -0.2) is 29.1 Å². The summed E-state index contributed by atoms with van der Waals surface area (Å²) in [6.07, 6.45) is 0. The second-order valence-electron chi connectivity index (χ2n) is 5.54. The molecule has 27 heavy (non-hydrogen) atoms. The summed E-state index contributed by atoms with van der Waals surface area (Å²) in [5.41, 5.74) is 1.14. The molecule has 10 heteroatoms. The van der Waals surface area contributed by atoms with Crippen LogP contribution in [0.5, 0.6) is 11.5 Å². The zero-order valence-electron chi connectivity index (χ0n) is 14.4. The van der Waals surface area contributed by atoms with Crippen molar-refractivity contribution < 1.29 is 19.2 Å². The van der Waals surface area contributed by atoms with Crippen molar-refractivity contribution in [1.82, 2.24) is 4.57 Å². The maximum absolute atomic E-state index is 12.1. The van der Waals surface area contributed by atoms with Crippen LogP contribution in [0.15, 0.2) is 41.2 Å². The number of fused-ring (bicyclic) bond motifs is 1. The molecule has 0 aliphatic rings. The number of nitrogens with one attached hydrogen (secondary N) is 1. The smallest absolute Gasteiger partial charge is 0.311 e. The van der Waals surface area contributed by atoms with Gasteiger partial charge >= 0.3 is 10.6 Å². The molecule has 3 aromatic rings. The van der Waals surface area contributed by atoms with Crippen LogP contribution in [0, 0.1) is 10.1 Å². The lowest BCUT2D eigenvalue weighted by Gasteiger charge is -2.09. The van der Waals surface area contributed by atoms with Crippen molar-refractivity contribution in [2.45, 2.75) is 0 Å². The molecule has 0 spiro atoms. The van der Waals surface area contributed by atoms with E-state index >= 15 is 0 Å². The number of methoxy groups -OCH3 is 1. The van der Waals surface area contributed by atoms with Crippen molar-refractivity contribution in [3.05, 3.63) is 56.2 Å². The summed E-state index contributed by atoms with van der Waals surface area (Å²) in [7, 11) is 3.00. The third kappa shape index (κ3) is 3.90. The van der Waals surface area contributed by atoms with Gasteiger partial charge in [0.1, 0.15) is 5.75 Å². The number of nitro benzene ring substituents is 1. The van der Waals surface area contributed by atoms with Crippen molar-refractivity contribution in [2.24, 2.45) is 7.05 Å². The van der Waals surface area contributed by atoms with Crippen LogP contribution >= 0.6 is 11.3 Å². The van der Waals surface area contributed by atoms with Crippen LogP contribution in [0.25, 0.3) is 10.2 Å². The molecule has 0 fully saturated rings. The minimum Gasteiger partial charge on any atom is -0.490 e. The molecule has 1 amide bonds. The van der Waals surface area contributed by atoms with Crippen molar-refractivity contribution in [3.63, 3.8) is 0 Å². The topological polar surface area (TPSA) is 113 Å². The normalized spacial score (nSPS) is 10.6. The first-order chi connectivity index (χ1) is 12.9. The summed E-state index contributed by atoms with van der Waals surface area (Å²) in [4.78, 5) is 34.0. The molecule has 0 saturated carbocycles. The number of aromatic nitrogens is 1. The first kappa shape index (κ1) is 18.4. The highest BCUT2D eigenvalue weighted by Crippen LogP contribution is 2.30. The van der Waals surface area contributed by atoms with Crippen LogP contribution in [0.4, 0.5) is 11.4 Å². The number of amides is 1. The molecule has 1 N–H and O–H groups in total. The van der Waals surface area contributed by atoms with Gasteiger partial charge in [-0.3, -0.25) is 19.7 Å². The Morgan fingerprint density at radius 1 is 1.30 bits per heavy atom. The minimum absolute atomic E-state index is 0.0438. The van der Waals surface area contributed by atoms with Gasteiger partial charge in [0, 0.05) is 24.9 Å². The number of aryl methyl sites for hydroxylation is 1. The fraction of sp³-hybridized carbons (Fsp3) is 0.176. The van der Waals surface area contributed by atoms with E-state index in [0.717, 1.165) is 21.6 Å². The number of nitrogens with zero attached hydrogens (tertiary/aromatic N) is 2. The van der Waals surface area contributed by atoms with Gasteiger partial charge in [-0.1, -0.05) is 11.3 Å². The third-order valence-corrected chi connectivity index (χ3v) is 4.79. The van der Waals surface area contributed by atoms with E-state index in [4.69, 9.17) is 9.47 Å². The summed E-state index contributed by atoms with van der Waals surface area (Å²) in [6, 6.07) is 9.15.